The normalized spacial score (nSPS) is 13.6. The molecule has 9 nitrogen and oxygen atoms in total. The second kappa shape index (κ2) is 19.6. The molecule has 9 heteroatoms. The van der Waals surface area contributed by atoms with E-state index in [1.807, 2.05) is 111 Å². The molecule has 268 valence electrons. The summed E-state index contributed by atoms with van der Waals surface area (Å²) in [7, 11) is 0. The molecule has 1 aliphatic rings. The van der Waals surface area contributed by atoms with Gasteiger partial charge in [-0.1, -0.05) is 67.1 Å². The highest BCUT2D eigenvalue weighted by Crippen LogP contribution is 2.32. The van der Waals surface area contributed by atoms with Gasteiger partial charge in [0.25, 0.3) is 0 Å². The molecule has 2 amide bonds. The van der Waals surface area contributed by atoms with Gasteiger partial charge in [0.1, 0.15) is 5.75 Å². The van der Waals surface area contributed by atoms with Gasteiger partial charge in [-0.25, -0.2) is 4.79 Å². The van der Waals surface area contributed by atoms with Crippen molar-refractivity contribution < 1.29 is 28.8 Å². The lowest BCUT2D eigenvalue weighted by Gasteiger charge is -2.33. The van der Waals surface area contributed by atoms with Crippen LogP contribution in [0.1, 0.15) is 73.5 Å². The van der Waals surface area contributed by atoms with E-state index in [2.05, 4.69) is 27.8 Å². The number of unbranched alkanes of at least 4 members (excludes halogenated alkanes) is 3. The number of urea groups is 1. The smallest absolute Gasteiger partial charge is 0.323 e. The zero-order valence-corrected chi connectivity index (χ0v) is 29.6. The summed E-state index contributed by atoms with van der Waals surface area (Å²) in [4.78, 5) is 12.7. The van der Waals surface area contributed by atoms with E-state index in [0.717, 1.165) is 65.8 Å². The fourth-order valence-electron chi connectivity index (χ4n) is 5.51. The van der Waals surface area contributed by atoms with Crippen LogP contribution in [-0.2, 0) is 27.4 Å². The van der Waals surface area contributed by atoms with E-state index >= 15 is 0 Å². The zero-order chi connectivity index (χ0) is 35.7. The van der Waals surface area contributed by atoms with E-state index in [-0.39, 0.29) is 6.03 Å². The number of carbonyl (C=O) groups is 1. The molecule has 1 heterocycles. The number of fused-ring (bicyclic) bond motifs is 1. The van der Waals surface area contributed by atoms with Gasteiger partial charge in [0.15, 0.2) is 0 Å². The Kier molecular flexibility index (Phi) is 14.5. The van der Waals surface area contributed by atoms with Gasteiger partial charge in [-0.05, 0) is 85.1 Å². The first-order valence-corrected chi connectivity index (χ1v) is 17.7. The molecular formula is C42H49N3O6. The summed E-state index contributed by atoms with van der Waals surface area (Å²) < 4.78 is 23.1. The maximum Gasteiger partial charge on any atom is 0.323 e. The van der Waals surface area contributed by atoms with E-state index in [1.165, 1.54) is 0 Å². The Morgan fingerprint density at radius 1 is 0.804 bits per heavy atom. The van der Waals surface area contributed by atoms with Gasteiger partial charge in [0.2, 0.25) is 5.79 Å². The molecule has 4 N–H and O–H groups in total. The predicted molar refractivity (Wildman–Crippen MR) is 201 cm³/mol. The first kappa shape index (κ1) is 37.6. The molecule has 0 unspecified atom stereocenters. The van der Waals surface area contributed by atoms with Crippen LogP contribution in [0.15, 0.2) is 97.1 Å². The Morgan fingerprint density at radius 3 is 2.37 bits per heavy atom. The number of benzene rings is 4. The van der Waals surface area contributed by atoms with Crippen molar-refractivity contribution in [3.05, 3.63) is 125 Å². The van der Waals surface area contributed by atoms with Gasteiger partial charge in [-0.15, -0.1) is 0 Å². The molecule has 0 saturated carbocycles. The topological polar surface area (TPSA) is 110 Å². The molecule has 4 aromatic rings. The van der Waals surface area contributed by atoms with Crippen molar-refractivity contribution in [1.82, 2.24) is 5.32 Å². The highest BCUT2D eigenvalue weighted by Gasteiger charge is 2.27. The predicted octanol–water partition coefficient (Wildman–Crippen LogP) is 7.79. The Balaban J connectivity index is 0.875. The van der Waals surface area contributed by atoms with Gasteiger partial charge in [0, 0.05) is 55.1 Å². The van der Waals surface area contributed by atoms with E-state index in [1.54, 1.807) is 0 Å². The second-order valence-corrected chi connectivity index (χ2v) is 12.9. The lowest BCUT2D eigenvalue weighted by molar-refractivity contribution is -0.180. The quantitative estimate of drug-likeness (QED) is 0.0661. The van der Waals surface area contributed by atoms with Gasteiger partial charge in [-0.3, -0.25) is 0 Å². The van der Waals surface area contributed by atoms with Crippen molar-refractivity contribution in [2.45, 2.75) is 64.6 Å². The second-order valence-electron chi connectivity index (χ2n) is 12.9. The van der Waals surface area contributed by atoms with E-state index in [9.17, 15) is 9.90 Å². The fourth-order valence-corrected chi connectivity index (χ4v) is 5.51. The molecular weight excluding hydrogens is 642 g/mol. The molecule has 5 rings (SSSR count). The summed E-state index contributed by atoms with van der Waals surface area (Å²) in [5, 5.41) is 19.7. The van der Waals surface area contributed by atoms with Crippen molar-refractivity contribution in [2.75, 3.05) is 43.5 Å². The number of aliphatic hydroxyl groups is 1. The van der Waals surface area contributed by atoms with Gasteiger partial charge >= 0.3 is 6.03 Å². The molecule has 51 heavy (non-hydrogen) atoms. The number of anilines is 2. The van der Waals surface area contributed by atoms with Crippen molar-refractivity contribution in [3.8, 4) is 17.6 Å². The molecule has 0 saturated heterocycles. The van der Waals surface area contributed by atoms with Crippen LogP contribution in [0.3, 0.4) is 0 Å². The van der Waals surface area contributed by atoms with Crippen LogP contribution < -0.4 is 20.7 Å². The van der Waals surface area contributed by atoms with E-state index < -0.39 is 11.9 Å². The van der Waals surface area contributed by atoms with Crippen molar-refractivity contribution in [3.63, 3.8) is 0 Å². The molecule has 4 aromatic carbocycles. The Hall–Kier alpha value is -4.69. The minimum Gasteiger partial charge on any atom is -0.463 e. The van der Waals surface area contributed by atoms with Gasteiger partial charge < -0.3 is 40.0 Å². The minimum atomic E-state index is -0.623. The highest BCUT2D eigenvalue weighted by atomic mass is 16.7. The number of hydrogen-bond acceptors (Lipinski definition) is 7. The summed E-state index contributed by atoms with van der Waals surface area (Å²) in [6.45, 7) is 7.80. The lowest BCUT2D eigenvalue weighted by Crippen LogP contribution is -2.35. The van der Waals surface area contributed by atoms with Crippen LogP contribution in [0.4, 0.5) is 16.2 Å². The summed E-state index contributed by atoms with van der Waals surface area (Å²) in [5.74, 6) is 6.46. The first-order chi connectivity index (χ1) is 24.8. The maximum atomic E-state index is 12.7. The summed E-state index contributed by atoms with van der Waals surface area (Å²) >= 11 is 0. The molecule has 0 fully saturated rings. The van der Waals surface area contributed by atoms with E-state index in [0.29, 0.717) is 51.0 Å². The van der Waals surface area contributed by atoms with Crippen LogP contribution in [0.25, 0.3) is 0 Å². The lowest BCUT2D eigenvalue weighted by atomic mass is 10.0. The van der Waals surface area contributed by atoms with Crippen molar-refractivity contribution in [2.24, 2.45) is 0 Å². The van der Waals surface area contributed by atoms with Crippen LogP contribution in [-0.4, -0.2) is 49.8 Å². The summed E-state index contributed by atoms with van der Waals surface area (Å²) in [5.41, 5.74) is 5.88. The maximum absolute atomic E-state index is 12.7. The Morgan fingerprint density at radius 2 is 1.53 bits per heavy atom. The molecule has 0 aliphatic carbocycles. The standard InChI is InChI=1S/C42H49N3O6/c1-42(2)50-31-36-28-35(20-21-40(36)51-42)39(46)29-43-22-8-3-4-9-23-48-24-25-49-30-34-15-11-17-38(27-34)45-41(47)44-37-16-10-14-33(26-37)19-18-32-12-6-5-7-13-32/h5-7,10-17,20-21,26-28,39,43,46H,3-4,8-9,22-25,29-31H2,1-2H3,(H2,44,45,47)/t39-/m1/s1. The Labute approximate surface area is 301 Å². The number of nitrogens with one attached hydrogen (secondary N) is 3. The molecule has 0 aromatic heterocycles. The largest absolute Gasteiger partial charge is 0.463 e. The van der Waals surface area contributed by atoms with Crippen molar-refractivity contribution >= 4 is 17.4 Å². The van der Waals surface area contributed by atoms with Crippen LogP contribution in [0.5, 0.6) is 5.75 Å². The van der Waals surface area contributed by atoms with Gasteiger partial charge in [0.05, 0.1) is 32.5 Å². The number of amides is 2. The van der Waals surface area contributed by atoms with Gasteiger partial charge in [-0.2, -0.15) is 0 Å². The zero-order valence-electron chi connectivity index (χ0n) is 29.6. The number of hydrogen-bond donors (Lipinski definition) is 4. The number of aliphatic hydroxyl groups excluding tert-OH is 1. The summed E-state index contributed by atoms with van der Waals surface area (Å²) in [6.07, 6.45) is 3.66. The fraction of sp³-hybridized carbons (Fsp3) is 0.357. The third-order valence-electron chi connectivity index (χ3n) is 8.20. The molecule has 0 radical (unpaired) electrons. The first-order valence-electron chi connectivity index (χ1n) is 17.7. The van der Waals surface area contributed by atoms with E-state index in [4.69, 9.17) is 18.9 Å². The molecule has 1 aliphatic heterocycles. The number of ether oxygens (including phenoxy) is 4. The van der Waals surface area contributed by atoms with Crippen molar-refractivity contribution in [1.29, 1.82) is 0 Å². The highest BCUT2D eigenvalue weighted by molar-refractivity contribution is 5.99. The number of rotatable bonds is 17. The molecule has 0 spiro atoms. The molecule has 1 atom stereocenters. The monoisotopic (exact) mass is 691 g/mol. The summed E-state index contributed by atoms with van der Waals surface area (Å²) in [6, 6.07) is 30.3. The number of carbonyl (C=O) groups excluding carboxylic acids is 1. The van der Waals surface area contributed by atoms with Crippen LogP contribution in [0, 0.1) is 11.8 Å². The SMILES string of the molecule is CC1(C)OCc2cc([C@H](O)CNCCCCCCOCCOCc3cccc(NC(=O)Nc4cccc(C#Cc5ccccc5)c4)c3)ccc2O1. The van der Waals surface area contributed by atoms with Crippen LogP contribution in [0.2, 0.25) is 0 Å². The third kappa shape index (κ3) is 13.2. The Bertz CT molecular complexity index is 1750. The minimum absolute atomic E-state index is 0.331. The third-order valence-corrected chi connectivity index (χ3v) is 8.20. The average Bonchev–Trinajstić information content (AvgIpc) is 3.12. The molecule has 0 bridgehead atoms. The van der Waals surface area contributed by atoms with Crippen LogP contribution >= 0.6 is 0 Å². The average molecular weight is 692 g/mol.